The Hall–Kier alpha value is -2.05. The smallest absolute Gasteiger partial charge is 0.321 e. The van der Waals surface area contributed by atoms with Gasteiger partial charge < -0.3 is 20.2 Å². The molecule has 104 valence electrons. The van der Waals surface area contributed by atoms with Crippen LogP contribution in [0, 0.1) is 0 Å². The van der Waals surface area contributed by atoms with Crippen LogP contribution >= 0.6 is 0 Å². The zero-order valence-electron chi connectivity index (χ0n) is 10.5. The molecule has 2 rings (SSSR count). The van der Waals surface area contributed by atoms with E-state index in [1.54, 1.807) is 4.90 Å². The summed E-state index contributed by atoms with van der Waals surface area (Å²) in [5.41, 5.74) is 0. The Morgan fingerprint density at radius 2 is 2.16 bits per heavy atom. The van der Waals surface area contributed by atoms with Gasteiger partial charge in [-0.15, -0.1) is 0 Å². The first-order chi connectivity index (χ1) is 9.09. The van der Waals surface area contributed by atoms with Crippen LogP contribution in [0.1, 0.15) is 12.8 Å². The van der Waals surface area contributed by atoms with E-state index in [1.807, 2.05) is 12.2 Å². The van der Waals surface area contributed by atoms with Crippen molar-refractivity contribution in [3.63, 3.8) is 0 Å². The first kappa shape index (κ1) is 13.4. The van der Waals surface area contributed by atoms with Crippen LogP contribution in [0.3, 0.4) is 0 Å². The molecule has 0 radical (unpaired) electrons. The Labute approximate surface area is 110 Å². The molecule has 0 bridgehead atoms. The summed E-state index contributed by atoms with van der Waals surface area (Å²) in [6, 6.07) is -1.17. The Balaban J connectivity index is 2.10. The fraction of sp³-hybridized carbons (Fsp3) is 0.583. The Morgan fingerprint density at radius 1 is 1.37 bits per heavy atom. The lowest BCUT2D eigenvalue weighted by Gasteiger charge is -2.38. The third-order valence-electron chi connectivity index (χ3n) is 3.27. The average molecular weight is 267 g/mol. The van der Waals surface area contributed by atoms with Crippen molar-refractivity contribution in [3.05, 3.63) is 12.2 Å². The topological polar surface area (TPSA) is 89.9 Å². The van der Waals surface area contributed by atoms with Gasteiger partial charge in [-0.25, -0.2) is 4.79 Å². The summed E-state index contributed by atoms with van der Waals surface area (Å²) in [7, 11) is 0. The Bertz CT molecular complexity index is 421. The van der Waals surface area contributed by atoms with Gasteiger partial charge in [-0.2, -0.15) is 0 Å². The number of hydrogen-bond acceptors (Lipinski definition) is 3. The molecule has 7 nitrogen and oxygen atoms in total. The molecule has 0 aromatic rings. The minimum atomic E-state index is -1.08. The van der Waals surface area contributed by atoms with Crippen molar-refractivity contribution >= 4 is 17.9 Å². The zero-order valence-corrected chi connectivity index (χ0v) is 10.5. The summed E-state index contributed by atoms with van der Waals surface area (Å²) in [6.07, 6.45) is 4.33. The molecule has 0 spiro atoms. The summed E-state index contributed by atoms with van der Waals surface area (Å²) in [6.45, 7) is 1.83. The number of rotatable bonds is 2. The Morgan fingerprint density at radius 3 is 2.79 bits per heavy atom. The quantitative estimate of drug-likeness (QED) is 0.669. The molecular weight excluding hydrogens is 250 g/mol. The third-order valence-corrected chi connectivity index (χ3v) is 3.27. The highest BCUT2D eigenvalue weighted by atomic mass is 16.4. The molecule has 0 aromatic carbocycles. The van der Waals surface area contributed by atoms with Gasteiger partial charge in [0.15, 0.2) is 0 Å². The molecule has 7 heteroatoms. The van der Waals surface area contributed by atoms with E-state index in [4.69, 9.17) is 5.11 Å². The largest absolute Gasteiger partial charge is 0.481 e. The number of urea groups is 1. The van der Waals surface area contributed by atoms with Gasteiger partial charge in [0.2, 0.25) is 5.91 Å². The second-order valence-electron chi connectivity index (χ2n) is 4.59. The lowest BCUT2D eigenvalue weighted by Crippen LogP contribution is -2.60. The fourth-order valence-electron chi connectivity index (χ4n) is 2.31. The van der Waals surface area contributed by atoms with E-state index in [1.165, 1.54) is 4.90 Å². The first-order valence-corrected chi connectivity index (χ1v) is 6.29. The predicted molar refractivity (Wildman–Crippen MR) is 66.5 cm³/mol. The number of piperazine rings is 1. The van der Waals surface area contributed by atoms with Gasteiger partial charge in [0.1, 0.15) is 6.04 Å². The monoisotopic (exact) mass is 267 g/mol. The minimum Gasteiger partial charge on any atom is -0.481 e. The van der Waals surface area contributed by atoms with Gasteiger partial charge in [0.05, 0.1) is 6.42 Å². The molecule has 2 N–H and O–H groups in total. The van der Waals surface area contributed by atoms with E-state index < -0.39 is 17.9 Å². The molecule has 0 aliphatic carbocycles. The zero-order chi connectivity index (χ0) is 13.8. The SMILES string of the molecule is O=C(O)CC1C(=O)NCCN1C(=O)N1CC=CCC1. The molecule has 19 heavy (non-hydrogen) atoms. The lowest BCUT2D eigenvalue weighted by atomic mass is 10.1. The number of carbonyl (C=O) groups excluding carboxylic acids is 2. The number of nitrogens with zero attached hydrogens (tertiary/aromatic N) is 2. The summed E-state index contributed by atoms with van der Waals surface area (Å²) in [4.78, 5) is 37.9. The van der Waals surface area contributed by atoms with E-state index in [0.717, 1.165) is 6.42 Å². The number of aliphatic carboxylic acids is 1. The maximum atomic E-state index is 12.3. The number of carbonyl (C=O) groups is 3. The van der Waals surface area contributed by atoms with Gasteiger partial charge in [-0.05, 0) is 6.42 Å². The van der Waals surface area contributed by atoms with Crippen LogP contribution in [-0.2, 0) is 9.59 Å². The summed E-state index contributed by atoms with van der Waals surface area (Å²) >= 11 is 0. The molecule has 1 saturated heterocycles. The molecule has 3 amide bonds. The maximum absolute atomic E-state index is 12.3. The predicted octanol–water partition coefficient (Wildman–Crippen LogP) is -0.357. The number of hydrogen-bond donors (Lipinski definition) is 2. The van der Waals surface area contributed by atoms with Crippen LogP contribution in [0.25, 0.3) is 0 Å². The summed E-state index contributed by atoms with van der Waals surface area (Å²) in [5.74, 6) is -1.48. The highest BCUT2D eigenvalue weighted by Crippen LogP contribution is 2.14. The van der Waals surface area contributed by atoms with Crippen LogP contribution < -0.4 is 5.32 Å². The highest BCUT2D eigenvalue weighted by molar-refractivity contribution is 5.91. The van der Waals surface area contributed by atoms with Crippen molar-refractivity contribution < 1.29 is 19.5 Å². The molecule has 1 atom stereocenters. The van der Waals surface area contributed by atoms with Crippen molar-refractivity contribution in [2.45, 2.75) is 18.9 Å². The molecular formula is C12H17N3O4. The fourth-order valence-corrected chi connectivity index (χ4v) is 2.31. The van der Waals surface area contributed by atoms with Crippen LogP contribution in [0.15, 0.2) is 12.2 Å². The molecule has 0 saturated carbocycles. The van der Waals surface area contributed by atoms with Gasteiger partial charge >= 0.3 is 12.0 Å². The van der Waals surface area contributed by atoms with Crippen molar-refractivity contribution in [2.75, 3.05) is 26.2 Å². The number of nitrogens with one attached hydrogen (secondary N) is 1. The van der Waals surface area contributed by atoms with Crippen molar-refractivity contribution in [2.24, 2.45) is 0 Å². The molecule has 0 aromatic heterocycles. The second kappa shape index (κ2) is 5.73. The van der Waals surface area contributed by atoms with Crippen LogP contribution in [0.2, 0.25) is 0 Å². The van der Waals surface area contributed by atoms with Crippen LogP contribution in [-0.4, -0.2) is 65.0 Å². The third kappa shape index (κ3) is 3.04. The van der Waals surface area contributed by atoms with E-state index in [0.29, 0.717) is 26.2 Å². The lowest BCUT2D eigenvalue weighted by molar-refractivity contribution is -0.142. The molecule has 2 aliphatic heterocycles. The normalized spacial score (nSPS) is 23.2. The standard InChI is InChI=1S/C12H17N3O4/c16-10(17)8-9-11(18)13-4-7-15(9)12(19)14-5-2-1-3-6-14/h1-2,9H,3-8H2,(H,13,18)(H,16,17). The van der Waals surface area contributed by atoms with Gasteiger partial charge in [0, 0.05) is 26.2 Å². The molecule has 2 aliphatic rings. The van der Waals surface area contributed by atoms with E-state index >= 15 is 0 Å². The van der Waals surface area contributed by atoms with Gasteiger partial charge in [-0.3, -0.25) is 9.59 Å². The highest BCUT2D eigenvalue weighted by Gasteiger charge is 2.36. The minimum absolute atomic E-state index is 0.259. The molecule has 2 heterocycles. The number of amides is 3. The first-order valence-electron chi connectivity index (χ1n) is 6.29. The van der Waals surface area contributed by atoms with E-state index in [2.05, 4.69) is 5.32 Å². The van der Waals surface area contributed by atoms with Crippen molar-refractivity contribution in [1.29, 1.82) is 0 Å². The average Bonchev–Trinajstić information content (AvgIpc) is 2.41. The van der Waals surface area contributed by atoms with E-state index in [9.17, 15) is 14.4 Å². The van der Waals surface area contributed by atoms with E-state index in [-0.39, 0.29) is 12.5 Å². The van der Waals surface area contributed by atoms with Crippen LogP contribution in [0.4, 0.5) is 4.79 Å². The summed E-state index contributed by atoms with van der Waals surface area (Å²) in [5, 5.41) is 11.4. The maximum Gasteiger partial charge on any atom is 0.321 e. The summed E-state index contributed by atoms with van der Waals surface area (Å²) < 4.78 is 0. The molecule has 1 fully saturated rings. The molecule has 1 unspecified atom stereocenters. The van der Waals surface area contributed by atoms with Crippen LogP contribution in [0.5, 0.6) is 0 Å². The number of carboxylic acid groups (broad SMARTS) is 1. The van der Waals surface area contributed by atoms with Gasteiger partial charge in [0.25, 0.3) is 0 Å². The van der Waals surface area contributed by atoms with Crippen molar-refractivity contribution in [1.82, 2.24) is 15.1 Å². The Kier molecular flexibility index (Phi) is 4.03. The number of carboxylic acids is 1. The van der Waals surface area contributed by atoms with Gasteiger partial charge in [-0.1, -0.05) is 12.2 Å². The second-order valence-corrected chi connectivity index (χ2v) is 4.59. The van der Waals surface area contributed by atoms with Crippen molar-refractivity contribution in [3.8, 4) is 0 Å².